The molecule has 2 aliphatic heterocycles. The summed E-state index contributed by atoms with van der Waals surface area (Å²) in [7, 11) is -3.57. The summed E-state index contributed by atoms with van der Waals surface area (Å²) in [6.07, 6.45) is 3.70. The standard InChI is InChI=1S/C22H26N6O3S2/c1-17-4-6-18(7-5-17)28-21(26-10-2-3-11-26)24-25-22(28)32-20-9-8-19(16-23-20)33(29,30)27-12-14-31-15-13-27/h4-9,16H,2-3,10-15H2,1H3. The lowest BCUT2D eigenvalue weighted by molar-refractivity contribution is 0.0730. The first-order valence-corrected chi connectivity index (χ1v) is 13.3. The van der Waals surface area contributed by atoms with Gasteiger partial charge in [-0.3, -0.25) is 4.57 Å². The molecule has 2 aromatic heterocycles. The second-order valence-electron chi connectivity index (χ2n) is 8.10. The van der Waals surface area contributed by atoms with E-state index in [0.717, 1.165) is 37.6 Å². The third kappa shape index (κ3) is 4.63. The summed E-state index contributed by atoms with van der Waals surface area (Å²) in [4.78, 5) is 6.86. The van der Waals surface area contributed by atoms with Crippen molar-refractivity contribution in [3.63, 3.8) is 0 Å². The fraction of sp³-hybridized carbons (Fsp3) is 0.409. The minimum absolute atomic E-state index is 0.187. The van der Waals surface area contributed by atoms with Gasteiger partial charge in [0.05, 0.1) is 18.9 Å². The molecule has 9 nitrogen and oxygen atoms in total. The summed E-state index contributed by atoms with van der Waals surface area (Å²) in [5, 5.41) is 10.3. The first-order chi connectivity index (χ1) is 16.0. The molecular formula is C22H26N6O3S2. The quantitative estimate of drug-likeness (QED) is 0.525. The van der Waals surface area contributed by atoms with Gasteiger partial charge in [-0.15, -0.1) is 10.2 Å². The fourth-order valence-electron chi connectivity index (χ4n) is 3.98. The van der Waals surface area contributed by atoms with Gasteiger partial charge in [-0.2, -0.15) is 4.31 Å². The lowest BCUT2D eigenvalue weighted by atomic mass is 10.2. The van der Waals surface area contributed by atoms with Crippen molar-refractivity contribution in [2.24, 2.45) is 0 Å². The van der Waals surface area contributed by atoms with Gasteiger partial charge < -0.3 is 9.64 Å². The van der Waals surface area contributed by atoms with E-state index in [9.17, 15) is 8.42 Å². The maximum atomic E-state index is 12.9. The smallest absolute Gasteiger partial charge is 0.244 e. The van der Waals surface area contributed by atoms with Crippen LogP contribution in [0.2, 0.25) is 0 Å². The average molecular weight is 487 g/mol. The van der Waals surface area contributed by atoms with E-state index >= 15 is 0 Å². The molecule has 0 bridgehead atoms. The highest BCUT2D eigenvalue weighted by Gasteiger charge is 2.27. The SMILES string of the molecule is Cc1ccc(-n2c(Sc3ccc(S(=O)(=O)N4CCOCC4)cn3)nnc2N2CCCC2)cc1. The molecule has 0 atom stereocenters. The molecule has 1 aromatic carbocycles. The normalized spacial score (nSPS) is 17.5. The Labute approximate surface area is 197 Å². The topological polar surface area (TPSA) is 93.5 Å². The number of anilines is 1. The number of benzene rings is 1. The number of morpholine rings is 1. The number of aromatic nitrogens is 4. The highest BCUT2D eigenvalue weighted by atomic mass is 32.2. The first-order valence-electron chi connectivity index (χ1n) is 11.0. The van der Waals surface area contributed by atoms with E-state index in [2.05, 4.69) is 55.8 Å². The summed E-state index contributed by atoms with van der Waals surface area (Å²) in [6.45, 7) is 5.52. The van der Waals surface area contributed by atoms with E-state index in [4.69, 9.17) is 4.74 Å². The molecule has 2 fully saturated rings. The third-order valence-corrected chi connectivity index (χ3v) is 8.59. The predicted octanol–water partition coefficient (Wildman–Crippen LogP) is 2.74. The van der Waals surface area contributed by atoms with Crippen molar-refractivity contribution < 1.29 is 13.2 Å². The molecule has 0 radical (unpaired) electrons. The zero-order chi connectivity index (χ0) is 22.8. The Morgan fingerprint density at radius 3 is 2.33 bits per heavy atom. The number of aryl methyl sites for hydroxylation is 1. The maximum absolute atomic E-state index is 12.9. The Balaban J connectivity index is 1.42. The van der Waals surface area contributed by atoms with Gasteiger partial charge in [-0.25, -0.2) is 13.4 Å². The summed E-state index contributed by atoms with van der Waals surface area (Å²) in [5.41, 5.74) is 2.17. The van der Waals surface area contributed by atoms with E-state index in [0.29, 0.717) is 36.5 Å². The van der Waals surface area contributed by atoms with Crippen LogP contribution in [0.15, 0.2) is 57.7 Å². The number of rotatable bonds is 6. The van der Waals surface area contributed by atoms with Crippen molar-refractivity contribution in [1.82, 2.24) is 24.1 Å². The molecule has 11 heteroatoms. The van der Waals surface area contributed by atoms with Crippen molar-refractivity contribution in [3.8, 4) is 5.69 Å². The van der Waals surface area contributed by atoms with Crippen molar-refractivity contribution in [1.29, 1.82) is 0 Å². The van der Waals surface area contributed by atoms with Crippen LogP contribution < -0.4 is 4.90 Å². The van der Waals surface area contributed by atoms with E-state index in [1.165, 1.54) is 27.8 Å². The number of hydrogen-bond acceptors (Lipinski definition) is 8. The lowest BCUT2D eigenvalue weighted by Crippen LogP contribution is -2.40. The van der Waals surface area contributed by atoms with Crippen LogP contribution in [0.5, 0.6) is 0 Å². The molecule has 0 saturated carbocycles. The molecule has 5 rings (SSSR count). The molecule has 2 aliphatic rings. The molecule has 0 spiro atoms. The summed E-state index contributed by atoms with van der Waals surface area (Å²) >= 11 is 1.37. The van der Waals surface area contributed by atoms with Gasteiger partial charge in [0.2, 0.25) is 21.1 Å². The van der Waals surface area contributed by atoms with E-state index in [-0.39, 0.29) is 4.90 Å². The summed E-state index contributed by atoms with van der Waals surface area (Å²) < 4.78 is 34.5. The van der Waals surface area contributed by atoms with E-state index < -0.39 is 10.0 Å². The van der Waals surface area contributed by atoms with Crippen LogP contribution in [-0.2, 0) is 14.8 Å². The highest BCUT2D eigenvalue weighted by molar-refractivity contribution is 7.99. The van der Waals surface area contributed by atoms with Crippen LogP contribution in [0.25, 0.3) is 5.69 Å². The van der Waals surface area contributed by atoms with Gasteiger partial charge >= 0.3 is 0 Å². The van der Waals surface area contributed by atoms with Gasteiger partial charge in [0, 0.05) is 32.4 Å². The van der Waals surface area contributed by atoms with Crippen molar-refractivity contribution in [3.05, 3.63) is 48.2 Å². The molecule has 174 valence electrons. The molecule has 0 unspecified atom stereocenters. The van der Waals surface area contributed by atoms with Crippen molar-refractivity contribution >= 4 is 27.7 Å². The highest BCUT2D eigenvalue weighted by Crippen LogP contribution is 2.32. The van der Waals surface area contributed by atoms with Crippen LogP contribution in [0, 0.1) is 6.92 Å². The van der Waals surface area contributed by atoms with Crippen LogP contribution in [-0.4, -0.2) is 71.9 Å². The van der Waals surface area contributed by atoms with Gasteiger partial charge in [-0.05, 0) is 55.8 Å². The molecule has 4 heterocycles. The largest absolute Gasteiger partial charge is 0.379 e. The first kappa shape index (κ1) is 22.3. The average Bonchev–Trinajstić information content (AvgIpc) is 3.51. The number of sulfonamides is 1. The zero-order valence-corrected chi connectivity index (χ0v) is 20.1. The minimum atomic E-state index is -3.57. The molecule has 33 heavy (non-hydrogen) atoms. The van der Waals surface area contributed by atoms with Gasteiger partial charge in [-0.1, -0.05) is 17.7 Å². The van der Waals surface area contributed by atoms with Crippen molar-refractivity contribution in [2.75, 3.05) is 44.3 Å². The van der Waals surface area contributed by atoms with Crippen LogP contribution in [0.4, 0.5) is 5.95 Å². The minimum Gasteiger partial charge on any atom is -0.379 e. The molecule has 0 N–H and O–H groups in total. The summed E-state index contributed by atoms with van der Waals surface area (Å²) in [6, 6.07) is 11.6. The number of pyridine rings is 1. The van der Waals surface area contributed by atoms with E-state index in [1.807, 2.05) is 0 Å². The third-order valence-electron chi connectivity index (χ3n) is 5.81. The fourth-order valence-corrected chi connectivity index (χ4v) is 6.12. The second kappa shape index (κ2) is 9.41. The Hall–Kier alpha value is -2.47. The van der Waals surface area contributed by atoms with Crippen LogP contribution >= 0.6 is 11.8 Å². The van der Waals surface area contributed by atoms with Crippen LogP contribution in [0.3, 0.4) is 0 Å². The lowest BCUT2D eigenvalue weighted by Gasteiger charge is -2.25. The number of hydrogen-bond donors (Lipinski definition) is 0. The van der Waals surface area contributed by atoms with Gasteiger partial charge in [0.15, 0.2) is 0 Å². The molecular weight excluding hydrogens is 460 g/mol. The molecule has 0 amide bonds. The van der Waals surface area contributed by atoms with Gasteiger partial charge in [0.25, 0.3) is 0 Å². The van der Waals surface area contributed by atoms with Gasteiger partial charge in [0.1, 0.15) is 9.92 Å². The number of ether oxygens (including phenoxy) is 1. The van der Waals surface area contributed by atoms with Crippen LogP contribution in [0.1, 0.15) is 18.4 Å². The Morgan fingerprint density at radius 2 is 1.67 bits per heavy atom. The zero-order valence-electron chi connectivity index (χ0n) is 18.4. The summed E-state index contributed by atoms with van der Waals surface area (Å²) in [5.74, 6) is 0.824. The van der Waals surface area contributed by atoms with E-state index in [1.54, 1.807) is 12.1 Å². The second-order valence-corrected chi connectivity index (χ2v) is 11.0. The molecule has 3 aromatic rings. The Kier molecular flexibility index (Phi) is 6.37. The van der Waals surface area contributed by atoms with Crippen molar-refractivity contribution in [2.45, 2.75) is 34.8 Å². The maximum Gasteiger partial charge on any atom is 0.244 e. The monoisotopic (exact) mass is 486 g/mol. The predicted molar refractivity (Wildman–Crippen MR) is 125 cm³/mol. The Morgan fingerprint density at radius 1 is 0.939 bits per heavy atom. The number of nitrogens with zero attached hydrogens (tertiary/aromatic N) is 6. The molecule has 2 saturated heterocycles. The molecule has 0 aliphatic carbocycles. The Bertz CT molecular complexity index is 1200.